The maximum absolute atomic E-state index is 12.6. The number of rotatable bonds is 5. The summed E-state index contributed by atoms with van der Waals surface area (Å²) >= 11 is 1.67. The molecule has 2 aromatic heterocycles. The third-order valence-electron chi connectivity index (χ3n) is 4.90. The van der Waals surface area contributed by atoms with Gasteiger partial charge in [0.2, 0.25) is 5.91 Å². The Bertz CT molecular complexity index is 881. The lowest BCUT2D eigenvalue weighted by Crippen LogP contribution is -2.45. The highest BCUT2D eigenvalue weighted by atomic mass is 32.1. The molecule has 0 bridgehead atoms. The second-order valence-electron chi connectivity index (χ2n) is 6.60. The summed E-state index contributed by atoms with van der Waals surface area (Å²) in [4.78, 5) is 23.9. The molecular formula is C19H23N5OS. The highest BCUT2D eigenvalue weighted by Gasteiger charge is 2.22. The maximum atomic E-state index is 12.6. The third-order valence-corrected chi connectivity index (χ3v) is 5.73. The molecule has 7 heteroatoms. The molecule has 0 aliphatic carbocycles. The number of hydrogen-bond donors (Lipinski definition) is 1. The zero-order valence-electron chi connectivity index (χ0n) is 14.9. The largest absolute Gasteiger partial charge is 0.352 e. The van der Waals surface area contributed by atoms with Crippen molar-refractivity contribution in [3.8, 4) is 0 Å². The van der Waals surface area contributed by atoms with Gasteiger partial charge in [-0.15, -0.1) is 11.3 Å². The van der Waals surface area contributed by atoms with E-state index in [1.807, 2.05) is 40.4 Å². The van der Waals surface area contributed by atoms with E-state index < -0.39 is 0 Å². The number of aromatic nitrogens is 3. The summed E-state index contributed by atoms with van der Waals surface area (Å²) in [7, 11) is 0. The molecule has 1 aliphatic rings. The average molecular weight is 369 g/mol. The molecule has 3 heterocycles. The summed E-state index contributed by atoms with van der Waals surface area (Å²) in [6, 6.07) is 8.23. The first-order valence-corrected chi connectivity index (χ1v) is 10.0. The number of piperidine rings is 1. The topological polar surface area (TPSA) is 63.1 Å². The van der Waals surface area contributed by atoms with E-state index in [1.54, 1.807) is 11.3 Å². The van der Waals surface area contributed by atoms with Crippen LogP contribution in [0.2, 0.25) is 0 Å². The minimum Gasteiger partial charge on any atom is -0.352 e. The molecule has 3 aromatic rings. The number of anilines is 1. The predicted octanol–water partition coefficient (Wildman–Crippen LogP) is 2.84. The quantitative estimate of drug-likeness (QED) is 0.751. The summed E-state index contributed by atoms with van der Waals surface area (Å²) in [5.74, 6) is 1.02. The van der Waals surface area contributed by atoms with Crippen LogP contribution in [0.5, 0.6) is 0 Å². The molecule has 0 spiro atoms. The van der Waals surface area contributed by atoms with Crippen LogP contribution >= 0.6 is 11.3 Å². The number of para-hydroxylation sites is 2. The maximum Gasteiger partial charge on any atom is 0.240 e. The summed E-state index contributed by atoms with van der Waals surface area (Å²) in [6.45, 7) is 4.28. The molecule has 0 unspecified atom stereocenters. The first-order valence-electron chi connectivity index (χ1n) is 9.12. The smallest absolute Gasteiger partial charge is 0.240 e. The van der Waals surface area contributed by atoms with E-state index in [4.69, 9.17) is 0 Å². The molecule has 26 heavy (non-hydrogen) atoms. The van der Waals surface area contributed by atoms with Gasteiger partial charge in [0.1, 0.15) is 12.4 Å². The van der Waals surface area contributed by atoms with Crippen LogP contribution in [0.15, 0.2) is 35.8 Å². The number of imidazole rings is 1. The Morgan fingerprint density at radius 1 is 1.31 bits per heavy atom. The summed E-state index contributed by atoms with van der Waals surface area (Å²) in [5, 5.41) is 6.29. The van der Waals surface area contributed by atoms with Crippen LogP contribution in [0.3, 0.4) is 0 Å². The Morgan fingerprint density at radius 3 is 2.85 bits per heavy atom. The normalized spacial score (nSPS) is 15.5. The van der Waals surface area contributed by atoms with Gasteiger partial charge in [0.15, 0.2) is 5.13 Å². The molecule has 1 aromatic carbocycles. The highest BCUT2D eigenvalue weighted by molar-refractivity contribution is 7.13. The van der Waals surface area contributed by atoms with Crippen LogP contribution in [-0.2, 0) is 17.8 Å². The van der Waals surface area contributed by atoms with Crippen LogP contribution < -0.4 is 10.2 Å². The minimum absolute atomic E-state index is 0.0653. The van der Waals surface area contributed by atoms with Crippen LogP contribution in [0, 0.1) is 0 Å². The lowest BCUT2D eigenvalue weighted by Gasteiger charge is -2.32. The van der Waals surface area contributed by atoms with Gasteiger partial charge in [-0.1, -0.05) is 19.1 Å². The van der Waals surface area contributed by atoms with Gasteiger partial charge in [0.25, 0.3) is 0 Å². The first-order chi connectivity index (χ1) is 12.7. The van der Waals surface area contributed by atoms with Crippen LogP contribution in [0.25, 0.3) is 11.0 Å². The molecular weight excluding hydrogens is 346 g/mol. The fourth-order valence-corrected chi connectivity index (χ4v) is 4.27. The van der Waals surface area contributed by atoms with E-state index in [1.165, 1.54) is 0 Å². The van der Waals surface area contributed by atoms with Gasteiger partial charge in [-0.3, -0.25) is 4.79 Å². The van der Waals surface area contributed by atoms with Gasteiger partial charge < -0.3 is 14.8 Å². The van der Waals surface area contributed by atoms with Crippen molar-refractivity contribution in [3.05, 3.63) is 41.7 Å². The lowest BCUT2D eigenvalue weighted by atomic mass is 10.1. The zero-order valence-corrected chi connectivity index (χ0v) is 15.7. The Morgan fingerprint density at radius 2 is 2.12 bits per heavy atom. The summed E-state index contributed by atoms with van der Waals surface area (Å²) in [6.07, 6.45) is 4.57. The number of carbonyl (C=O) groups is 1. The van der Waals surface area contributed by atoms with Crippen molar-refractivity contribution in [2.45, 2.75) is 38.8 Å². The molecule has 1 N–H and O–H groups in total. The fourth-order valence-electron chi connectivity index (χ4n) is 3.58. The van der Waals surface area contributed by atoms with Crippen LogP contribution in [-0.4, -0.2) is 39.6 Å². The van der Waals surface area contributed by atoms with Crippen LogP contribution in [0.1, 0.15) is 25.6 Å². The number of benzene rings is 1. The van der Waals surface area contributed by atoms with Gasteiger partial charge in [0.05, 0.1) is 11.0 Å². The number of carbonyl (C=O) groups excluding carboxylic acids is 1. The number of nitrogens with zero attached hydrogens (tertiary/aromatic N) is 4. The third kappa shape index (κ3) is 3.44. The fraction of sp³-hybridized carbons (Fsp3) is 0.421. The highest BCUT2D eigenvalue weighted by Crippen LogP contribution is 2.22. The van der Waals surface area contributed by atoms with Crippen molar-refractivity contribution in [2.75, 3.05) is 18.0 Å². The van der Waals surface area contributed by atoms with Gasteiger partial charge in [-0.25, -0.2) is 9.97 Å². The second-order valence-corrected chi connectivity index (χ2v) is 7.47. The molecule has 1 amide bonds. The molecule has 4 rings (SSSR count). The first kappa shape index (κ1) is 17.0. The molecule has 1 aliphatic heterocycles. The molecule has 0 radical (unpaired) electrons. The molecule has 136 valence electrons. The Hall–Kier alpha value is -2.41. The van der Waals surface area contributed by atoms with Crippen molar-refractivity contribution in [1.82, 2.24) is 19.9 Å². The van der Waals surface area contributed by atoms with Gasteiger partial charge in [-0.05, 0) is 25.0 Å². The van der Waals surface area contributed by atoms with E-state index in [2.05, 4.69) is 27.1 Å². The van der Waals surface area contributed by atoms with Gasteiger partial charge >= 0.3 is 0 Å². The van der Waals surface area contributed by atoms with Crippen molar-refractivity contribution in [2.24, 2.45) is 0 Å². The molecule has 0 atom stereocenters. The summed E-state index contributed by atoms with van der Waals surface area (Å²) < 4.78 is 2.04. The lowest BCUT2D eigenvalue weighted by molar-refractivity contribution is -0.122. The van der Waals surface area contributed by atoms with Gasteiger partial charge in [0, 0.05) is 37.1 Å². The van der Waals surface area contributed by atoms with Crippen molar-refractivity contribution in [1.29, 1.82) is 0 Å². The number of nitrogens with one attached hydrogen (secondary N) is 1. The number of thiazole rings is 1. The number of aryl methyl sites for hydroxylation is 1. The van der Waals surface area contributed by atoms with Crippen molar-refractivity contribution < 1.29 is 4.79 Å². The Balaban J connectivity index is 1.38. The minimum atomic E-state index is 0.0653. The van der Waals surface area contributed by atoms with Gasteiger partial charge in [-0.2, -0.15) is 0 Å². The molecule has 1 fully saturated rings. The second kappa shape index (κ2) is 7.45. The molecule has 6 nitrogen and oxygen atoms in total. The predicted molar refractivity (Wildman–Crippen MR) is 105 cm³/mol. The zero-order chi connectivity index (χ0) is 17.9. The van der Waals surface area contributed by atoms with E-state index in [-0.39, 0.29) is 11.9 Å². The van der Waals surface area contributed by atoms with Crippen molar-refractivity contribution in [3.63, 3.8) is 0 Å². The molecule has 0 saturated carbocycles. The SMILES string of the molecule is CCc1nc2ccccc2n1CC(=O)NC1CCN(c2nccs2)CC1. The number of amides is 1. The standard InChI is InChI=1S/C19H23N5OS/c1-2-17-22-15-5-3-4-6-16(15)24(17)13-18(25)21-14-7-10-23(11-8-14)19-20-9-12-26-19/h3-6,9,12,14H,2,7-8,10-11,13H2,1H3,(H,21,25). The van der Waals surface area contributed by atoms with Crippen molar-refractivity contribution >= 4 is 33.4 Å². The van der Waals surface area contributed by atoms with Crippen LogP contribution in [0.4, 0.5) is 5.13 Å². The number of hydrogen-bond acceptors (Lipinski definition) is 5. The van der Waals surface area contributed by atoms with E-state index >= 15 is 0 Å². The monoisotopic (exact) mass is 369 g/mol. The average Bonchev–Trinajstić information content (AvgIpc) is 3.31. The number of fused-ring (bicyclic) bond motifs is 1. The molecule has 1 saturated heterocycles. The Labute approximate surface area is 156 Å². The summed E-state index contributed by atoms with van der Waals surface area (Å²) in [5.41, 5.74) is 1.98. The van der Waals surface area contributed by atoms with E-state index in [0.29, 0.717) is 6.54 Å². The van der Waals surface area contributed by atoms with E-state index in [9.17, 15) is 4.79 Å². The Kier molecular flexibility index (Phi) is 4.88. The van der Waals surface area contributed by atoms with E-state index in [0.717, 1.165) is 54.3 Å².